The molecule has 1 aliphatic rings. The van der Waals surface area contributed by atoms with Crippen LogP contribution < -0.4 is 5.32 Å². The number of anilines is 1. The van der Waals surface area contributed by atoms with Crippen LogP contribution in [0.3, 0.4) is 0 Å². The molecule has 0 spiro atoms. The second kappa shape index (κ2) is 6.04. The van der Waals surface area contributed by atoms with Crippen molar-refractivity contribution in [2.45, 2.75) is 45.1 Å². The zero-order chi connectivity index (χ0) is 14.8. The quantitative estimate of drug-likeness (QED) is 0.864. The van der Waals surface area contributed by atoms with Gasteiger partial charge in [0.05, 0.1) is 0 Å². The molecule has 0 amide bonds. The number of carboxylic acids is 1. The molecule has 1 saturated carbocycles. The van der Waals surface area contributed by atoms with Crippen LogP contribution in [0.15, 0.2) is 24.3 Å². The molecule has 1 fully saturated rings. The summed E-state index contributed by atoms with van der Waals surface area (Å²) in [5, 5.41) is 13.6. The lowest BCUT2D eigenvalue weighted by Crippen LogP contribution is -2.50. The summed E-state index contributed by atoms with van der Waals surface area (Å²) >= 11 is 5.87. The maximum absolute atomic E-state index is 11.8. The average molecular weight is 296 g/mol. The number of carbonyl (C=O) groups is 1. The monoisotopic (exact) mass is 295 g/mol. The topological polar surface area (TPSA) is 49.3 Å². The van der Waals surface area contributed by atoms with Crippen LogP contribution in [0.5, 0.6) is 0 Å². The molecule has 4 heteroatoms. The van der Waals surface area contributed by atoms with Crippen LogP contribution in [0.1, 0.15) is 39.5 Å². The number of rotatable bonds is 4. The second-order valence-corrected chi connectivity index (χ2v) is 6.56. The number of hydrogen-bond acceptors (Lipinski definition) is 2. The fraction of sp³-hybridized carbons (Fsp3) is 0.562. The van der Waals surface area contributed by atoms with E-state index in [9.17, 15) is 9.90 Å². The van der Waals surface area contributed by atoms with Gasteiger partial charge in [-0.3, -0.25) is 0 Å². The van der Waals surface area contributed by atoms with E-state index in [0.29, 0.717) is 29.7 Å². The van der Waals surface area contributed by atoms with Gasteiger partial charge in [-0.25, -0.2) is 4.79 Å². The molecule has 0 aliphatic heterocycles. The van der Waals surface area contributed by atoms with E-state index >= 15 is 0 Å². The molecule has 1 aromatic carbocycles. The van der Waals surface area contributed by atoms with E-state index in [1.54, 1.807) is 12.1 Å². The molecular weight excluding hydrogens is 274 g/mol. The Morgan fingerprint density at radius 3 is 2.60 bits per heavy atom. The van der Waals surface area contributed by atoms with Gasteiger partial charge in [0.2, 0.25) is 0 Å². The van der Waals surface area contributed by atoms with Gasteiger partial charge >= 0.3 is 5.97 Å². The van der Waals surface area contributed by atoms with Crippen molar-refractivity contribution < 1.29 is 9.90 Å². The third kappa shape index (κ3) is 3.26. The highest BCUT2D eigenvalue weighted by molar-refractivity contribution is 6.30. The minimum Gasteiger partial charge on any atom is -0.480 e. The maximum Gasteiger partial charge on any atom is 0.329 e. The molecular formula is C16H22ClNO2. The minimum atomic E-state index is -0.846. The highest BCUT2D eigenvalue weighted by Gasteiger charge is 2.43. The van der Waals surface area contributed by atoms with Crippen molar-refractivity contribution >= 4 is 23.3 Å². The lowest BCUT2D eigenvalue weighted by Gasteiger charge is -2.40. The van der Waals surface area contributed by atoms with Crippen LogP contribution in [0.4, 0.5) is 5.69 Å². The summed E-state index contributed by atoms with van der Waals surface area (Å²) in [5.41, 5.74) is -0.0257. The number of carboxylic acid groups (broad SMARTS) is 1. The average Bonchev–Trinajstić information content (AvgIpc) is 2.41. The Hall–Kier alpha value is -1.22. The van der Waals surface area contributed by atoms with Crippen molar-refractivity contribution in [1.82, 2.24) is 0 Å². The predicted octanol–water partition coefficient (Wildman–Crippen LogP) is 4.42. The van der Waals surface area contributed by atoms with Crippen molar-refractivity contribution in [2.75, 3.05) is 5.32 Å². The largest absolute Gasteiger partial charge is 0.480 e. The standard InChI is InChI=1S/C16H22ClNO2/c1-11(2)12-4-3-9-16(10-12,15(19)20)18-14-7-5-13(17)6-8-14/h5-8,11-12,18H,3-4,9-10H2,1-2H3,(H,19,20). The molecule has 2 N–H and O–H groups in total. The molecule has 0 aromatic heterocycles. The predicted molar refractivity (Wildman–Crippen MR) is 82.2 cm³/mol. The van der Waals surface area contributed by atoms with Gasteiger partial charge in [-0.1, -0.05) is 31.9 Å². The summed E-state index contributed by atoms with van der Waals surface area (Å²) in [6, 6.07) is 7.24. The van der Waals surface area contributed by atoms with Crippen molar-refractivity contribution in [3.05, 3.63) is 29.3 Å². The van der Waals surface area contributed by atoms with Gasteiger partial charge in [-0.15, -0.1) is 0 Å². The zero-order valence-corrected chi connectivity index (χ0v) is 12.8. The van der Waals surface area contributed by atoms with Crippen molar-refractivity contribution in [3.8, 4) is 0 Å². The van der Waals surface area contributed by atoms with Crippen LogP contribution in [0.25, 0.3) is 0 Å². The van der Waals surface area contributed by atoms with Crippen molar-refractivity contribution in [1.29, 1.82) is 0 Å². The molecule has 0 radical (unpaired) electrons. The van der Waals surface area contributed by atoms with Crippen molar-refractivity contribution in [3.63, 3.8) is 0 Å². The van der Waals surface area contributed by atoms with Gasteiger partial charge < -0.3 is 10.4 Å². The molecule has 1 aromatic rings. The first-order valence-electron chi connectivity index (χ1n) is 7.20. The molecule has 20 heavy (non-hydrogen) atoms. The summed E-state index contributed by atoms with van der Waals surface area (Å²) in [4.78, 5) is 11.8. The van der Waals surface area contributed by atoms with E-state index in [2.05, 4.69) is 19.2 Å². The lowest BCUT2D eigenvalue weighted by atomic mass is 9.71. The van der Waals surface area contributed by atoms with Gasteiger partial charge in [0.1, 0.15) is 5.54 Å². The third-order valence-electron chi connectivity index (χ3n) is 4.37. The van der Waals surface area contributed by atoms with Gasteiger partial charge in [-0.05, 0) is 55.4 Å². The number of halogens is 1. The minimum absolute atomic E-state index is 0.458. The number of hydrogen-bond donors (Lipinski definition) is 2. The highest BCUT2D eigenvalue weighted by atomic mass is 35.5. The SMILES string of the molecule is CC(C)C1CCCC(Nc2ccc(Cl)cc2)(C(=O)O)C1. The Labute approximate surface area is 125 Å². The summed E-state index contributed by atoms with van der Waals surface area (Å²) in [7, 11) is 0. The van der Waals surface area contributed by atoms with Gasteiger partial charge in [-0.2, -0.15) is 0 Å². The van der Waals surface area contributed by atoms with E-state index in [-0.39, 0.29) is 0 Å². The Balaban J connectivity index is 2.21. The molecule has 0 saturated heterocycles. The first kappa shape index (κ1) is 15.2. The number of aliphatic carboxylic acids is 1. The van der Waals surface area contributed by atoms with Crippen LogP contribution in [0, 0.1) is 11.8 Å². The summed E-state index contributed by atoms with van der Waals surface area (Å²) in [5.74, 6) is 0.221. The van der Waals surface area contributed by atoms with Crippen LogP contribution in [0.2, 0.25) is 5.02 Å². The van der Waals surface area contributed by atoms with Crippen LogP contribution in [-0.4, -0.2) is 16.6 Å². The number of nitrogens with one attached hydrogen (secondary N) is 1. The maximum atomic E-state index is 11.8. The normalized spacial score (nSPS) is 26.5. The molecule has 1 aliphatic carbocycles. The molecule has 2 atom stereocenters. The fourth-order valence-electron chi connectivity index (χ4n) is 3.06. The van der Waals surface area contributed by atoms with E-state index in [4.69, 9.17) is 11.6 Å². The van der Waals surface area contributed by atoms with E-state index in [0.717, 1.165) is 18.5 Å². The summed E-state index contributed by atoms with van der Waals surface area (Å²) in [6.45, 7) is 4.34. The molecule has 3 nitrogen and oxygen atoms in total. The van der Waals surface area contributed by atoms with Crippen LogP contribution >= 0.6 is 11.6 Å². The molecule has 0 bridgehead atoms. The van der Waals surface area contributed by atoms with Gasteiger partial charge in [0.15, 0.2) is 0 Å². The first-order chi connectivity index (χ1) is 9.43. The zero-order valence-electron chi connectivity index (χ0n) is 12.0. The summed E-state index contributed by atoms with van der Waals surface area (Å²) in [6.07, 6.45) is 3.43. The van der Waals surface area contributed by atoms with E-state index in [1.807, 2.05) is 12.1 Å². The number of benzene rings is 1. The molecule has 0 heterocycles. The first-order valence-corrected chi connectivity index (χ1v) is 7.58. The third-order valence-corrected chi connectivity index (χ3v) is 4.62. The Bertz CT molecular complexity index is 472. The Kier molecular flexibility index (Phi) is 4.59. The fourth-order valence-corrected chi connectivity index (χ4v) is 3.18. The van der Waals surface area contributed by atoms with Crippen molar-refractivity contribution in [2.24, 2.45) is 11.8 Å². The summed E-state index contributed by atoms with van der Waals surface area (Å²) < 4.78 is 0. The molecule has 110 valence electrons. The van der Waals surface area contributed by atoms with E-state index < -0.39 is 11.5 Å². The van der Waals surface area contributed by atoms with Gasteiger partial charge in [0.25, 0.3) is 0 Å². The van der Waals surface area contributed by atoms with Crippen LogP contribution in [-0.2, 0) is 4.79 Å². The smallest absolute Gasteiger partial charge is 0.329 e. The lowest BCUT2D eigenvalue weighted by molar-refractivity contribution is -0.144. The van der Waals surface area contributed by atoms with E-state index in [1.165, 1.54) is 0 Å². The molecule has 2 unspecified atom stereocenters. The molecule has 2 rings (SSSR count). The Morgan fingerprint density at radius 1 is 1.40 bits per heavy atom. The van der Waals surface area contributed by atoms with Gasteiger partial charge in [0, 0.05) is 10.7 Å². The second-order valence-electron chi connectivity index (χ2n) is 6.12. The Morgan fingerprint density at radius 2 is 2.05 bits per heavy atom. The highest BCUT2D eigenvalue weighted by Crippen LogP contribution is 2.38.